The van der Waals surface area contributed by atoms with Gasteiger partial charge in [0.15, 0.2) is 5.69 Å². The summed E-state index contributed by atoms with van der Waals surface area (Å²) in [5.41, 5.74) is 6.68. The zero-order valence-electron chi connectivity index (χ0n) is 12.0. The van der Waals surface area contributed by atoms with Gasteiger partial charge >= 0.3 is 6.03 Å². The molecule has 5 N–H and O–H groups in total. The summed E-state index contributed by atoms with van der Waals surface area (Å²) in [6.45, 7) is 2.71. The molecule has 0 bridgehead atoms. The Bertz CT molecular complexity index is 678. The van der Waals surface area contributed by atoms with Crippen molar-refractivity contribution in [2.75, 3.05) is 11.9 Å². The van der Waals surface area contributed by atoms with Crippen LogP contribution in [0, 0.1) is 0 Å². The summed E-state index contributed by atoms with van der Waals surface area (Å²) < 4.78 is 1.46. The van der Waals surface area contributed by atoms with E-state index in [0.29, 0.717) is 18.8 Å². The van der Waals surface area contributed by atoms with Gasteiger partial charge < -0.3 is 26.0 Å². The van der Waals surface area contributed by atoms with Crippen LogP contribution < -0.4 is 16.4 Å². The van der Waals surface area contributed by atoms with Crippen molar-refractivity contribution in [2.45, 2.75) is 13.5 Å². The number of nitrogens with two attached hydrogens (primary N) is 1. The minimum Gasteiger partial charge on any atom is -0.492 e. The number of nitrogens with one attached hydrogen (secondary N) is 2. The molecule has 2 aromatic rings. The van der Waals surface area contributed by atoms with Gasteiger partial charge in [0, 0.05) is 18.8 Å². The van der Waals surface area contributed by atoms with Gasteiger partial charge in [0.1, 0.15) is 0 Å². The third-order valence-corrected chi connectivity index (χ3v) is 2.95. The molecular formula is C14H17N5O3. The van der Waals surface area contributed by atoms with Crippen LogP contribution in [0.15, 0.2) is 30.6 Å². The number of benzene rings is 1. The first-order chi connectivity index (χ1) is 10.5. The van der Waals surface area contributed by atoms with Crippen molar-refractivity contribution < 1.29 is 14.7 Å². The molecule has 8 nitrogen and oxygen atoms in total. The standard InChI is InChI=1S/C14H17N5O3/c1-2-16-14(22)18-10-5-3-9(4-6-10)7-19-8-17-13(21)11(19)12(15)20/h3-6,8,21H,2,7H2,1H3,(H2,15,20)(H2,16,18,22). The van der Waals surface area contributed by atoms with Crippen molar-refractivity contribution in [1.82, 2.24) is 14.9 Å². The van der Waals surface area contributed by atoms with Gasteiger partial charge in [-0.15, -0.1) is 0 Å². The number of aromatic nitrogens is 2. The van der Waals surface area contributed by atoms with E-state index in [9.17, 15) is 14.7 Å². The molecule has 0 fully saturated rings. The van der Waals surface area contributed by atoms with E-state index in [1.54, 1.807) is 24.3 Å². The maximum atomic E-state index is 11.4. The smallest absolute Gasteiger partial charge is 0.319 e. The number of anilines is 1. The number of rotatable bonds is 5. The fraction of sp³-hybridized carbons (Fsp3) is 0.214. The van der Waals surface area contributed by atoms with E-state index in [1.165, 1.54) is 10.9 Å². The van der Waals surface area contributed by atoms with Crippen LogP contribution >= 0.6 is 0 Å². The predicted octanol–water partition coefficient (Wildman–Crippen LogP) is 0.877. The molecule has 3 amide bonds. The van der Waals surface area contributed by atoms with Crippen LogP contribution in [0.2, 0.25) is 0 Å². The summed E-state index contributed by atoms with van der Waals surface area (Å²) in [4.78, 5) is 26.3. The molecule has 0 aliphatic rings. The van der Waals surface area contributed by atoms with E-state index in [4.69, 9.17) is 5.73 Å². The Hall–Kier alpha value is -3.03. The largest absolute Gasteiger partial charge is 0.492 e. The van der Waals surface area contributed by atoms with Crippen molar-refractivity contribution in [3.05, 3.63) is 41.9 Å². The second-order valence-corrected chi connectivity index (χ2v) is 4.59. The van der Waals surface area contributed by atoms with Gasteiger partial charge in [0.05, 0.1) is 6.33 Å². The second kappa shape index (κ2) is 6.61. The Balaban J connectivity index is 2.09. The molecule has 0 saturated carbocycles. The number of hydrogen-bond donors (Lipinski definition) is 4. The minimum absolute atomic E-state index is 0.0375. The van der Waals surface area contributed by atoms with Gasteiger partial charge in [-0.25, -0.2) is 9.78 Å². The fourth-order valence-corrected chi connectivity index (χ4v) is 1.97. The highest BCUT2D eigenvalue weighted by molar-refractivity contribution is 5.93. The highest BCUT2D eigenvalue weighted by atomic mass is 16.3. The van der Waals surface area contributed by atoms with E-state index in [-0.39, 0.29) is 17.6 Å². The van der Waals surface area contributed by atoms with Crippen molar-refractivity contribution >= 4 is 17.6 Å². The Morgan fingerprint density at radius 2 is 2.00 bits per heavy atom. The van der Waals surface area contributed by atoms with Crippen LogP contribution in [-0.2, 0) is 6.54 Å². The van der Waals surface area contributed by atoms with Gasteiger partial charge in [0.2, 0.25) is 5.88 Å². The number of aromatic hydroxyl groups is 1. The molecule has 22 heavy (non-hydrogen) atoms. The molecule has 1 heterocycles. The third kappa shape index (κ3) is 3.54. The summed E-state index contributed by atoms with van der Waals surface area (Å²) in [6, 6.07) is 6.80. The van der Waals surface area contributed by atoms with Gasteiger partial charge in [-0.3, -0.25) is 4.79 Å². The molecule has 0 aliphatic heterocycles. The molecule has 0 unspecified atom stereocenters. The number of nitrogens with zero attached hydrogens (tertiary/aromatic N) is 2. The van der Waals surface area contributed by atoms with E-state index < -0.39 is 5.91 Å². The van der Waals surface area contributed by atoms with Crippen LogP contribution in [0.1, 0.15) is 23.0 Å². The zero-order chi connectivity index (χ0) is 16.1. The van der Waals surface area contributed by atoms with Crippen molar-refractivity contribution in [1.29, 1.82) is 0 Å². The fourth-order valence-electron chi connectivity index (χ4n) is 1.97. The molecular weight excluding hydrogens is 286 g/mol. The lowest BCUT2D eigenvalue weighted by Gasteiger charge is -2.08. The quantitative estimate of drug-likeness (QED) is 0.654. The Labute approximate surface area is 127 Å². The lowest BCUT2D eigenvalue weighted by molar-refractivity contribution is 0.0989. The average molecular weight is 303 g/mol. The summed E-state index contributed by atoms with van der Waals surface area (Å²) in [5, 5.41) is 14.8. The van der Waals surface area contributed by atoms with Crippen LogP contribution in [0.3, 0.4) is 0 Å². The molecule has 1 aromatic heterocycles. The van der Waals surface area contributed by atoms with E-state index in [2.05, 4.69) is 15.6 Å². The maximum Gasteiger partial charge on any atom is 0.319 e. The zero-order valence-corrected chi connectivity index (χ0v) is 12.0. The first-order valence-corrected chi connectivity index (χ1v) is 6.69. The van der Waals surface area contributed by atoms with Crippen LogP contribution in [0.4, 0.5) is 10.5 Å². The van der Waals surface area contributed by atoms with Crippen LogP contribution in [0.5, 0.6) is 5.88 Å². The van der Waals surface area contributed by atoms with Crippen molar-refractivity contribution in [2.24, 2.45) is 5.73 Å². The van der Waals surface area contributed by atoms with E-state index >= 15 is 0 Å². The minimum atomic E-state index is -0.746. The Morgan fingerprint density at radius 3 is 2.59 bits per heavy atom. The summed E-state index contributed by atoms with van der Waals surface area (Å²) in [6.07, 6.45) is 1.34. The first kappa shape index (κ1) is 15.4. The van der Waals surface area contributed by atoms with Gasteiger partial charge in [0.25, 0.3) is 5.91 Å². The van der Waals surface area contributed by atoms with Gasteiger partial charge in [-0.1, -0.05) is 12.1 Å². The number of hydrogen-bond acceptors (Lipinski definition) is 4. The third-order valence-electron chi connectivity index (χ3n) is 2.95. The Kier molecular flexibility index (Phi) is 4.62. The molecule has 8 heteroatoms. The monoisotopic (exact) mass is 303 g/mol. The molecule has 0 saturated heterocycles. The van der Waals surface area contributed by atoms with Gasteiger partial charge in [-0.2, -0.15) is 0 Å². The molecule has 2 rings (SSSR count). The molecule has 0 radical (unpaired) electrons. The summed E-state index contributed by atoms with van der Waals surface area (Å²) >= 11 is 0. The SMILES string of the molecule is CCNC(=O)Nc1ccc(Cn2cnc(O)c2C(N)=O)cc1. The topological polar surface area (TPSA) is 122 Å². The number of primary amides is 1. The number of urea groups is 1. The summed E-state index contributed by atoms with van der Waals surface area (Å²) in [7, 11) is 0. The highest BCUT2D eigenvalue weighted by Gasteiger charge is 2.15. The Morgan fingerprint density at radius 1 is 1.32 bits per heavy atom. The van der Waals surface area contributed by atoms with Crippen molar-refractivity contribution in [3.8, 4) is 5.88 Å². The highest BCUT2D eigenvalue weighted by Crippen LogP contribution is 2.16. The number of carbonyl (C=O) groups excluding carboxylic acids is 2. The number of carbonyl (C=O) groups is 2. The van der Waals surface area contributed by atoms with Crippen LogP contribution in [-0.4, -0.2) is 33.1 Å². The first-order valence-electron chi connectivity index (χ1n) is 6.69. The van der Waals surface area contributed by atoms with Crippen LogP contribution in [0.25, 0.3) is 0 Å². The van der Waals surface area contributed by atoms with E-state index in [1.807, 2.05) is 6.92 Å². The normalized spacial score (nSPS) is 10.2. The molecule has 116 valence electrons. The maximum absolute atomic E-state index is 11.4. The average Bonchev–Trinajstić information content (AvgIpc) is 2.82. The lowest BCUT2D eigenvalue weighted by atomic mass is 10.2. The lowest BCUT2D eigenvalue weighted by Crippen LogP contribution is -2.28. The van der Waals surface area contributed by atoms with Gasteiger partial charge in [-0.05, 0) is 24.6 Å². The predicted molar refractivity (Wildman–Crippen MR) is 80.6 cm³/mol. The van der Waals surface area contributed by atoms with E-state index in [0.717, 1.165) is 5.56 Å². The summed E-state index contributed by atoms with van der Waals surface area (Å²) in [5.74, 6) is -1.13. The van der Waals surface area contributed by atoms with Crippen molar-refractivity contribution in [3.63, 3.8) is 0 Å². The molecule has 0 spiro atoms. The molecule has 0 aliphatic carbocycles. The number of imidazole rings is 1. The number of amides is 3. The second-order valence-electron chi connectivity index (χ2n) is 4.59. The molecule has 0 atom stereocenters. The molecule has 1 aromatic carbocycles.